The van der Waals surface area contributed by atoms with Gasteiger partial charge in [0.15, 0.2) is 5.69 Å². The fourth-order valence-electron chi connectivity index (χ4n) is 3.62. The highest BCUT2D eigenvalue weighted by atomic mass is 19.1. The number of nitrogens with zero attached hydrogens (tertiary/aromatic N) is 3. The molecule has 2 aromatic heterocycles. The average Bonchev–Trinajstić information content (AvgIpc) is 3.05. The summed E-state index contributed by atoms with van der Waals surface area (Å²) in [5.74, 6) is -1.21. The van der Waals surface area contributed by atoms with Gasteiger partial charge in [-0.3, -0.25) is 14.0 Å². The number of ketones is 1. The van der Waals surface area contributed by atoms with Crippen molar-refractivity contribution in [3.05, 3.63) is 71.9 Å². The molecule has 0 aliphatic carbocycles. The molecule has 0 unspecified atom stereocenters. The van der Waals surface area contributed by atoms with Crippen molar-refractivity contribution < 1.29 is 14.0 Å². The quantitative estimate of drug-likeness (QED) is 0.714. The summed E-state index contributed by atoms with van der Waals surface area (Å²) in [6.45, 7) is 0.832. The molecular formula is C21H20FN3O2. The molecule has 3 heterocycles. The number of fused-ring (bicyclic) bond motifs is 1. The van der Waals surface area contributed by atoms with Gasteiger partial charge in [0.2, 0.25) is 5.95 Å². The molecule has 5 nitrogen and oxygen atoms in total. The zero-order chi connectivity index (χ0) is 18.8. The van der Waals surface area contributed by atoms with E-state index in [1.54, 1.807) is 23.1 Å². The number of hydrogen-bond donors (Lipinski definition) is 0. The monoisotopic (exact) mass is 365 g/mol. The number of hydrogen-bond acceptors (Lipinski definition) is 3. The van der Waals surface area contributed by atoms with Crippen molar-refractivity contribution in [2.24, 2.45) is 5.92 Å². The Labute approximate surface area is 156 Å². The van der Waals surface area contributed by atoms with Crippen molar-refractivity contribution in [1.29, 1.82) is 0 Å². The summed E-state index contributed by atoms with van der Waals surface area (Å²) < 4.78 is 15.8. The highest BCUT2D eigenvalue weighted by Gasteiger charge is 2.31. The SMILES string of the molecule is O=C(Cc1ccccc1)[C@@H]1CCCN(C(=O)c2nc3ccccn3c2F)C1. The standard InChI is InChI=1S/C21H20FN3O2/c22-20-19(23-18-10-4-5-12-25(18)20)21(27)24-11-6-9-16(14-24)17(26)13-15-7-2-1-3-8-15/h1-5,7-8,10,12,16H,6,9,11,13-14H2/t16-/m1/s1. The molecule has 0 bridgehead atoms. The first kappa shape index (κ1) is 17.4. The number of imidazole rings is 1. The lowest BCUT2D eigenvalue weighted by Gasteiger charge is -2.31. The van der Waals surface area contributed by atoms with Crippen LogP contribution in [0.4, 0.5) is 4.39 Å². The van der Waals surface area contributed by atoms with E-state index in [1.807, 2.05) is 30.3 Å². The number of pyridine rings is 1. The summed E-state index contributed by atoms with van der Waals surface area (Å²) in [7, 11) is 0. The van der Waals surface area contributed by atoms with Crippen LogP contribution in [0.25, 0.3) is 5.65 Å². The van der Waals surface area contributed by atoms with Gasteiger partial charge in [-0.1, -0.05) is 36.4 Å². The first-order chi connectivity index (χ1) is 13.1. The van der Waals surface area contributed by atoms with Crippen molar-refractivity contribution in [1.82, 2.24) is 14.3 Å². The van der Waals surface area contributed by atoms with E-state index in [4.69, 9.17) is 0 Å². The van der Waals surface area contributed by atoms with Crippen LogP contribution in [-0.2, 0) is 11.2 Å². The Kier molecular flexibility index (Phi) is 4.71. The van der Waals surface area contributed by atoms with E-state index in [9.17, 15) is 14.0 Å². The Morgan fingerprint density at radius 2 is 1.89 bits per heavy atom. The molecule has 1 saturated heterocycles. The number of Topliss-reactive ketones (excluding diaryl/α,β-unsaturated/α-hetero) is 1. The van der Waals surface area contributed by atoms with Crippen LogP contribution >= 0.6 is 0 Å². The maximum atomic E-state index is 14.6. The van der Waals surface area contributed by atoms with E-state index in [2.05, 4.69) is 4.98 Å². The molecule has 1 aliphatic heterocycles. The van der Waals surface area contributed by atoms with Crippen LogP contribution in [-0.4, -0.2) is 39.1 Å². The van der Waals surface area contributed by atoms with Crippen molar-refractivity contribution in [2.45, 2.75) is 19.3 Å². The third-order valence-corrected chi connectivity index (χ3v) is 5.06. The molecule has 0 radical (unpaired) electrons. The molecule has 4 rings (SSSR count). The van der Waals surface area contributed by atoms with Gasteiger partial charge in [-0.2, -0.15) is 4.39 Å². The highest BCUT2D eigenvalue weighted by Crippen LogP contribution is 2.22. The van der Waals surface area contributed by atoms with Gasteiger partial charge in [0.1, 0.15) is 11.4 Å². The predicted molar refractivity (Wildman–Crippen MR) is 98.9 cm³/mol. The van der Waals surface area contributed by atoms with Gasteiger partial charge in [0.25, 0.3) is 5.91 Å². The second-order valence-electron chi connectivity index (χ2n) is 6.90. The van der Waals surface area contributed by atoms with Gasteiger partial charge >= 0.3 is 0 Å². The summed E-state index contributed by atoms with van der Waals surface area (Å²) >= 11 is 0. The van der Waals surface area contributed by atoms with Crippen LogP contribution in [0.15, 0.2) is 54.7 Å². The minimum Gasteiger partial charge on any atom is -0.336 e. The number of carbonyl (C=O) groups is 2. The second kappa shape index (κ2) is 7.31. The van der Waals surface area contributed by atoms with E-state index >= 15 is 0 Å². The number of halogens is 1. The highest BCUT2D eigenvalue weighted by molar-refractivity contribution is 5.94. The third kappa shape index (κ3) is 3.47. The fraction of sp³-hybridized carbons (Fsp3) is 0.286. The zero-order valence-electron chi connectivity index (χ0n) is 14.8. The van der Waals surface area contributed by atoms with E-state index in [0.29, 0.717) is 25.2 Å². The summed E-state index contributed by atoms with van der Waals surface area (Å²) in [5, 5.41) is 0. The lowest BCUT2D eigenvalue weighted by atomic mass is 9.90. The van der Waals surface area contributed by atoms with Crippen molar-refractivity contribution in [3.63, 3.8) is 0 Å². The fourth-order valence-corrected chi connectivity index (χ4v) is 3.62. The van der Waals surface area contributed by atoms with Crippen molar-refractivity contribution in [3.8, 4) is 0 Å². The molecule has 138 valence electrons. The molecule has 1 aliphatic rings. The lowest BCUT2D eigenvalue weighted by molar-refractivity contribution is -0.123. The normalized spacial score (nSPS) is 17.2. The minimum atomic E-state index is -0.659. The number of amides is 1. The number of aromatic nitrogens is 2. The van der Waals surface area contributed by atoms with Crippen molar-refractivity contribution in [2.75, 3.05) is 13.1 Å². The average molecular weight is 365 g/mol. The Morgan fingerprint density at radius 3 is 2.67 bits per heavy atom. The molecular weight excluding hydrogens is 345 g/mol. The van der Waals surface area contributed by atoms with Crippen LogP contribution < -0.4 is 0 Å². The van der Waals surface area contributed by atoms with Gasteiger partial charge in [0, 0.05) is 31.6 Å². The van der Waals surface area contributed by atoms with Gasteiger partial charge in [0.05, 0.1) is 0 Å². The van der Waals surface area contributed by atoms with E-state index in [-0.39, 0.29) is 17.4 Å². The topological polar surface area (TPSA) is 54.7 Å². The van der Waals surface area contributed by atoms with Gasteiger partial charge in [-0.15, -0.1) is 0 Å². The Balaban J connectivity index is 1.49. The van der Waals surface area contributed by atoms with Crippen LogP contribution in [0.5, 0.6) is 0 Å². The first-order valence-electron chi connectivity index (χ1n) is 9.12. The van der Waals surface area contributed by atoms with Crippen LogP contribution in [0.1, 0.15) is 28.9 Å². The molecule has 0 saturated carbocycles. The Morgan fingerprint density at radius 1 is 1.11 bits per heavy atom. The number of piperidine rings is 1. The maximum Gasteiger partial charge on any atom is 0.277 e. The van der Waals surface area contributed by atoms with Crippen molar-refractivity contribution >= 4 is 17.3 Å². The molecule has 0 N–H and O–H groups in total. The molecule has 0 spiro atoms. The number of likely N-dealkylation sites (tertiary alicyclic amines) is 1. The lowest BCUT2D eigenvalue weighted by Crippen LogP contribution is -2.43. The second-order valence-corrected chi connectivity index (χ2v) is 6.90. The number of benzene rings is 1. The molecule has 6 heteroatoms. The maximum absolute atomic E-state index is 14.6. The van der Waals surface area contributed by atoms with Crippen LogP contribution in [0.2, 0.25) is 0 Å². The first-order valence-corrected chi connectivity index (χ1v) is 9.12. The van der Waals surface area contributed by atoms with E-state index in [1.165, 1.54) is 10.6 Å². The summed E-state index contributed by atoms with van der Waals surface area (Å²) in [6.07, 6.45) is 3.38. The Hall–Kier alpha value is -3.02. The molecule has 3 aromatic rings. The molecule has 1 fully saturated rings. The number of rotatable bonds is 4. The van der Waals surface area contributed by atoms with Gasteiger partial charge < -0.3 is 4.90 Å². The third-order valence-electron chi connectivity index (χ3n) is 5.06. The summed E-state index contributed by atoms with van der Waals surface area (Å²) in [4.78, 5) is 31.2. The molecule has 27 heavy (non-hydrogen) atoms. The van der Waals surface area contributed by atoms with Crippen LogP contribution in [0, 0.1) is 11.9 Å². The van der Waals surface area contributed by atoms with E-state index in [0.717, 1.165) is 18.4 Å². The smallest absolute Gasteiger partial charge is 0.277 e. The minimum absolute atomic E-state index is 0.120. The molecule has 1 amide bonds. The Bertz CT molecular complexity index is 984. The molecule has 1 atom stereocenters. The summed E-state index contributed by atoms with van der Waals surface area (Å²) in [6, 6.07) is 14.7. The van der Waals surface area contributed by atoms with Crippen LogP contribution in [0.3, 0.4) is 0 Å². The molecule has 1 aromatic carbocycles. The zero-order valence-corrected chi connectivity index (χ0v) is 14.8. The largest absolute Gasteiger partial charge is 0.336 e. The van der Waals surface area contributed by atoms with Gasteiger partial charge in [-0.25, -0.2) is 4.98 Å². The predicted octanol–water partition coefficient (Wildman–Crippen LogP) is 3.14. The summed E-state index contributed by atoms with van der Waals surface area (Å²) in [5.41, 5.74) is 1.18. The van der Waals surface area contributed by atoms with E-state index < -0.39 is 11.9 Å². The number of carbonyl (C=O) groups excluding carboxylic acids is 2. The van der Waals surface area contributed by atoms with Gasteiger partial charge in [-0.05, 0) is 30.5 Å².